The van der Waals surface area contributed by atoms with Crippen molar-refractivity contribution in [3.05, 3.63) is 263 Å². The first-order valence-electron chi connectivity index (χ1n) is 24.0. The summed E-state index contributed by atoms with van der Waals surface area (Å²) < 4.78 is 6.16. The fourth-order valence-corrected chi connectivity index (χ4v) is 11.7. The second-order valence-corrected chi connectivity index (χ2v) is 20.1. The molecule has 0 atom stereocenters. The van der Waals surface area contributed by atoms with Crippen LogP contribution in [0.5, 0.6) is 0 Å². The van der Waals surface area contributed by atoms with Gasteiger partial charge in [-0.2, -0.15) is 0 Å². The molecule has 0 spiro atoms. The summed E-state index contributed by atoms with van der Waals surface area (Å²) in [5.41, 5.74) is 26.1. The summed E-state index contributed by atoms with van der Waals surface area (Å²) in [4.78, 5) is 0. The fraction of sp³-hybridized carbons (Fsp3) is 0.104. The van der Waals surface area contributed by atoms with Gasteiger partial charge in [0.1, 0.15) is 11.2 Å². The molecule has 0 N–H and O–H groups in total. The first kappa shape index (κ1) is 40.3. The molecule has 0 fully saturated rings. The van der Waals surface area contributed by atoms with Crippen molar-refractivity contribution in [3.8, 4) is 66.8 Å². The second-order valence-electron chi connectivity index (χ2n) is 20.1. The standard InChI is InChI=1S/C67H50O/c1-66(2)59-38-49(42-14-7-5-8-15-42)26-31-53(59)55-33-28-51(40-61(55)66)65(52-29-34-56-54-32-27-50(43-16-9-6-10-17-43)39-60(54)67(3,4)62(56)41-52)45-24-22-44(23-25-45)46-18-13-19-47(36-46)48-30-35-64-58(37-48)57-20-11-12-21-63(57)68-64/h5-41,65H,1-4H3. The van der Waals surface area contributed by atoms with Gasteiger partial charge in [-0.3, -0.25) is 0 Å². The van der Waals surface area contributed by atoms with Crippen LogP contribution in [0.3, 0.4) is 0 Å². The molecule has 1 heteroatoms. The number of rotatable bonds is 7. The Hall–Kier alpha value is -8.00. The van der Waals surface area contributed by atoms with Gasteiger partial charge in [-0.1, -0.05) is 216 Å². The highest BCUT2D eigenvalue weighted by Crippen LogP contribution is 2.53. The van der Waals surface area contributed by atoms with Crippen LogP contribution in [0.4, 0.5) is 0 Å². The molecule has 2 aliphatic carbocycles. The third-order valence-corrected chi connectivity index (χ3v) is 15.4. The highest BCUT2D eigenvalue weighted by Gasteiger charge is 2.38. The van der Waals surface area contributed by atoms with Gasteiger partial charge in [0.05, 0.1) is 0 Å². The van der Waals surface area contributed by atoms with Crippen LogP contribution in [0.1, 0.15) is 72.6 Å². The molecule has 0 saturated carbocycles. The van der Waals surface area contributed by atoms with Crippen molar-refractivity contribution in [1.29, 1.82) is 0 Å². The zero-order valence-corrected chi connectivity index (χ0v) is 38.8. The van der Waals surface area contributed by atoms with Crippen LogP contribution in [0.2, 0.25) is 0 Å². The minimum atomic E-state index is -0.168. The maximum absolute atomic E-state index is 6.16. The Morgan fingerprint density at radius 3 is 1.24 bits per heavy atom. The predicted octanol–water partition coefficient (Wildman–Crippen LogP) is 18.0. The lowest BCUT2D eigenvalue weighted by molar-refractivity contribution is 0.657. The van der Waals surface area contributed by atoms with Gasteiger partial charge in [-0.25, -0.2) is 0 Å². The molecule has 0 unspecified atom stereocenters. The zero-order chi connectivity index (χ0) is 45.7. The van der Waals surface area contributed by atoms with E-state index < -0.39 is 0 Å². The third-order valence-electron chi connectivity index (χ3n) is 15.4. The van der Waals surface area contributed by atoms with Gasteiger partial charge in [0.25, 0.3) is 0 Å². The molecule has 1 aromatic heterocycles. The van der Waals surface area contributed by atoms with E-state index in [0.717, 1.165) is 21.9 Å². The SMILES string of the molecule is CC1(C)c2cc(-c3ccccc3)ccc2-c2ccc(C(c3ccc(-c4cccc(-c5ccc6oc7ccccc7c6c5)c4)cc3)c3ccc4c(c3)C(C)(C)c3cc(-c5ccccc5)ccc3-4)cc21. The van der Waals surface area contributed by atoms with Gasteiger partial charge in [0.15, 0.2) is 0 Å². The Bertz CT molecular complexity index is 3620. The van der Waals surface area contributed by atoms with E-state index in [1.165, 1.54) is 106 Å². The summed E-state index contributed by atoms with van der Waals surface area (Å²) in [6.07, 6.45) is 0. The van der Waals surface area contributed by atoms with Crippen molar-refractivity contribution in [3.63, 3.8) is 0 Å². The molecule has 11 aromatic rings. The molecule has 0 radical (unpaired) electrons. The lowest BCUT2D eigenvalue weighted by Gasteiger charge is -2.26. The summed E-state index contributed by atoms with van der Waals surface area (Å²) in [5.74, 6) is 0.0151. The van der Waals surface area contributed by atoms with Crippen LogP contribution in [0.15, 0.2) is 229 Å². The molecule has 10 aromatic carbocycles. The van der Waals surface area contributed by atoms with Crippen molar-refractivity contribution >= 4 is 21.9 Å². The number of fused-ring (bicyclic) bond motifs is 9. The second kappa shape index (κ2) is 15.3. The van der Waals surface area contributed by atoms with Crippen molar-refractivity contribution in [2.45, 2.75) is 44.4 Å². The van der Waals surface area contributed by atoms with Crippen LogP contribution < -0.4 is 0 Å². The maximum Gasteiger partial charge on any atom is 0.135 e. The molecular formula is C67H50O. The Kier molecular flexibility index (Phi) is 9.05. The maximum atomic E-state index is 6.16. The molecule has 1 nitrogen and oxygen atoms in total. The molecule has 68 heavy (non-hydrogen) atoms. The summed E-state index contributed by atoms with van der Waals surface area (Å²) in [6.45, 7) is 9.62. The highest BCUT2D eigenvalue weighted by molar-refractivity contribution is 6.06. The van der Waals surface area contributed by atoms with E-state index >= 15 is 0 Å². The molecule has 0 saturated heterocycles. The smallest absolute Gasteiger partial charge is 0.135 e. The Labute approximate surface area is 399 Å². The minimum Gasteiger partial charge on any atom is -0.456 e. The number of hydrogen-bond acceptors (Lipinski definition) is 1. The monoisotopic (exact) mass is 870 g/mol. The van der Waals surface area contributed by atoms with E-state index in [4.69, 9.17) is 4.42 Å². The van der Waals surface area contributed by atoms with Gasteiger partial charge in [0.2, 0.25) is 0 Å². The molecule has 0 amide bonds. The molecule has 0 aliphatic heterocycles. The number of para-hydroxylation sites is 1. The highest BCUT2D eigenvalue weighted by atomic mass is 16.3. The average molecular weight is 871 g/mol. The number of benzene rings is 10. The number of furan rings is 1. The summed E-state index contributed by atoms with van der Waals surface area (Å²) in [7, 11) is 0. The fourth-order valence-electron chi connectivity index (χ4n) is 11.7. The third kappa shape index (κ3) is 6.37. The first-order chi connectivity index (χ1) is 33.2. The van der Waals surface area contributed by atoms with Crippen LogP contribution >= 0.6 is 0 Å². The molecule has 1 heterocycles. The van der Waals surface area contributed by atoms with Crippen molar-refractivity contribution < 1.29 is 4.42 Å². The molecular weight excluding hydrogens is 821 g/mol. The van der Waals surface area contributed by atoms with E-state index in [0.29, 0.717) is 0 Å². The largest absolute Gasteiger partial charge is 0.456 e. The number of hydrogen-bond donors (Lipinski definition) is 0. The van der Waals surface area contributed by atoms with E-state index in [1.807, 2.05) is 12.1 Å². The van der Waals surface area contributed by atoms with Crippen LogP contribution in [0, 0.1) is 0 Å². The first-order valence-corrected chi connectivity index (χ1v) is 24.0. The lowest BCUT2D eigenvalue weighted by atomic mass is 9.77. The van der Waals surface area contributed by atoms with E-state index in [9.17, 15) is 0 Å². The molecule has 13 rings (SSSR count). The van der Waals surface area contributed by atoms with E-state index in [1.54, 1.807) is 0 Å². The Morgan fingerprint density at radius 2 is 0.662 bits per heavy atom. The molecule has 2 aliphatic rings. The topological polar surface area (TPSA) is 13.1 Å². The minimum absolute atomic E-state index is 0.0151. The van der Waals surface area contributed by atoms with Crippen LogP contribution in [0.25, 0.3) is 88.7 Å². The normalized spacial score (nSPS) is 14.0. The summed E-state index contributed by atoms with van der Waals surface area (Å²) in [6, 6.07) is 83.5. The quantitative estimate of drug-likeness (QED) is 0.145. The van der Waals surface area contributed by atoms with Crippen LogP contribution in [-0.2, 0) is 10.8 Å². The molecule has 0 bridgehead atoms. The summed E-state index contributed by atoms with van der Waals surface area (Å²) >= 11 is 0. The lowest BCUT2D eigenvalue weighted by Crippen LogP contribution is -2.17. The predicted molar refractivity (Wildman–Crippen MR) is 284 cm³/mol. The Morgan fingerprint density at radius 1 is 0.279 bits per heavy atom. The van der Waals surface area contributed by atoms with Crippen molar-refractivity contribution in [2.75, 3.05) is 0 Å². The zero-order valence-electron chi connectivity index (χ0n) is 38.8. The van der Waals surface area contributed by atoms with E-state index in [-0.39, 0.29) is 16.7 Å². The van der Waals surface area contributed by atoms with Gasteiger partial charge < -0.3 is 4.42 Å². The van der Waals surface area contributed by atoms with E-state index in [2.05, 4.69) is 240 Å². The van der Waals surface area contributed by atoms with Gasteiger partial charge in [0, 0.05) is 27.5 Å². The van der Waals surface area contributed by atoms with Gasteiger partial charge >= 0.3 is 0 Å². The molecule has 324 valence electrons. The summed E-state index contributed by atoms with van der Waals surface area (Å²) in [5, 5.41) is 2.29. The van der Waals surface area contributed by atoms with Gasteiger partial charge in [-0.15, -0.1) is 0 Å². The van der Waals surface area contributed by atoms with Gasteiger partial charge in [-0.05, 0) is 142 Å². The van der Waals surface area contributed by atoms with Crippen molar-refractivity contribution in [1.82, 2.24) is 0 Å². The Balaban J connectivity index is 0.903. The van der Waals surface area contributed by atoms with Crippen LogP contribution in [-0.4, -0.2) is 0 Å². The average Bonchev–Trinajstić information content (AvgIpc) is 3.95. The van der Waals surface area contributed by atoms with Crippen molar-refractivity contribution in [2.24, 2.45) is 0 Å².